The number of ether oxygens (including phenoxy) is 2. The molecule has 3 amide bonds. The first-order chi connectivity index (χ1) is 16.2. The van der Waals surface area contributed by atoms with Gasteiger partial charge in [0.15, 0.2) is 16.7 Å². The van der Waals surface area contributed by atoms with Gasteiger partial charge in [0, 0.05) is 19.4 Å². The first kappa shape index (κ1) is 23.6. The fourth-order valence-electron chi connectivity index (χ4n) is 4.34. The Balaban J connectivity index is 1.71. The van der Waals surface area contributed by atoms with Crippen molar-refractivity contribution in [1.29, 1.82) is 0 Å². The van der Waals surface area contributed by atoms with Crippen LogP contribution < -0.4 is 19.7 Å². The van der Waals surface area contributed by atoms with Crippen LogP contribution in [0.5, 0.6) is 11.5 Å². The molecule has 0 unspecified atom stereocenters. The molecule has 1 N–H and O–H groups in total. The van der Waals surface area contributed by atoms with Crippen molar-refractivity contribution >= 4 is 40.3 Å². The highest BCUT2D eigenvalue weighted by molar-refractivity contribution is 8.15. The average molecular weight is 483 g/mol. The number of hydrogen-bond donors (Lipinski definition) is 1. The van der Waals surface area contributed by atoms with Crippen molar-refractivity contribution in [2.75, 3.05) is 25.2 Å². The van der Waals surface area contributed by atoms with Gasteiger partial charge in [-0.05, 0) is 43.3 Å². The molecule has 2 aromatic rings. The number of rotatable bonds is 5. The lowest BCUT2D eigenvalue weighted by Gasteiger charge is -2.29. The van der Waals surface area contributed by atoms with Crippen LogP contribution in [0.25, 0.3) is 0 Å². The van der Waals surface area contributed by atoms with Crippen molar-refractivity contribution in [2.24, 2.45) is 5.10 Å². The van der Waals surface area contributed by atoms with Gasteiger partial charge in [0.05, 0.1) is 19.3 Å². The van der Waals surface area contributed by atoms with Gasteiger partial charge in [-0.2, -0.15) is 5.01 Å². The molecule has 4 rings (SSSR count). The van der Waals surface area contributed by atoms with Gasteiger partial charge in [0.1, 0.15) is 6.61 Å². The van der Waals surface area contributed by atoms with Crippen LogP contribution in [0.2, 0.25) is 0 Å². The Labute approximate surface area is 202 Å². The van der Waals surface area contributed by atoms with E-state index in [9.17, 15) is 14.4 Å². The fraction of sp³-hybridized carbons (Fsp3) is 0.333. The summed E-state index contributed by atoms with van der Waals surface area (Å²) in [5, 5.41) is 8.29. The number of amidine groups is 1. The summed E-state index contributed by atoms with van der Waals surface area (Å²) in [5.74, 6) is 0.119. The lowest BCUT2D eigenvalue weighted by molar-refractivity contribution is -0.139. The Morgan fingerprint density at radius 1 is 1.15 bits per heavy atom. The number of fused-ring (bicyclic) bond motifs is 2. The highest BCUT2D eigenvalue weighted by Crippen LogP contribution is 2.55. The van der Waals surface area contributed by atoms with Crippen LogP contribution in [0.15, 0.2) is 41.5 Å². The van der Waals surface area contributed by atoms with Crippen molar-refractivity contribution < 1.29 is 23.9 Å². The highest BCUT2D eigenvalue weighted by atomic mass is 32.2. The topological polar surface area (TPSA) is 101 Å². The molecule has 2 aromatic carbocycles. The van der Waals surface area contributed by atoms with Crippen molar-refractivity contribution in [3.05, 3.63) is 53.1 Å². The fourth-order valence-corrected chi connectivity index (χ4v) is 5.65. The number of carbonyl (C=O) groups excluding carboxylic acids is 3. The smallest absolute Gasteiger partial charge is 0.270 e. The molecule has 0 fully saturated rings. The molecule has 9 nitrogen and oxygen atoms in total. The molecule has 0 saturated carbocycles. The maximum Gasteiger partial charge on any atom is 0.270 e. The minimum atomic E-state index is -1.43. The van der Waals surface area contributed by atoms with Gasteiger partial charge in [-0.1, -0.05) is 29.8 Å². The molecule has 1 spiro atoms. The van der Waals surface area contributed by atoms with Crippen molar-refractivity contribution in [2.45, 2.75) is 32.6 Å². The largest absolute Gasteiger partial charge is 0.493 e. The summed E-state index contributed by atoms with van der Waals surface area (Å²) in [6.07, 6.45) is 0. The normalized spacial score (nSPS) is 18.7. The zero-order valence-corrected chi connectivity index (χ0v) is 20.5. The molecule has 0 saturated heterocycles. The first-order valence-corrected chi connectivity index (χ1v) is 11.6. The Morgan fingerprint density at radius 2 is 1.85 bits per heavy atom. The molecule has 2 heterocycles. The van der Waals surface area contributed by atoms with Gasteiger partial charge < -0.3 is 19.7 Å². The second-order valence-corrected chi connectivity index (χ2v) is 9.28. The van der Waals surface area contributed by atoms with E-state index in [1.165, 1.54) is 18.9 Å². The summed E-state index contributed by atoms with van der Waals surface area (Å²) in [6.45, 7) is 7.03. The van der Waals surface area contributed by atoms with E-state index < -0.39 is 10.8 Å². The quantitative estimate of drug-likeness (QED) is 0.703. The van der Waals surface area contributed by atoms with E-state index in [1.807, 2.05) is 38.1 Å². The van der Waals surface area contributed by atoms with E-state index in [4.69, 9.17) is 9.47 Å². The summed E-state index contributed by atoms with van der Waals surface area (Å²) in [4.78, 5) is 38.5. The zero-order chi connectivity index (χ0) is 24.6. The molecule has 1 atom stereocenters. The van der Waals surface area contributed by atoms with Gasteiger partial charge >= 0.3 is 0 Å². The Kier molecular flexibility index (Phi) is 6.26. The first-order valence-electron chi connectivity index (χ1n) is 10.7. The van der Waals surface area contributed by atoms with Crippen LogP contribution in [-0.4, -0.2) is 48.2 Å². The third-order valence-electron chi connectivity index (χ3n) is 5.57. The van der Waals surface area contributed by atoms with E-state index >= 15 is 0 Å². The van der Waals surface area contributed by atoms with E-state index in [2.05, 4.69) is 10.4 Å². The summed E-state index contributed by atoms with van der Waals surface area (Å²) < 4.78 is 11.3. The van der Waals surface area contributed by atoms with E-state index in [0.29, 0.717) is 17.1 Å². The van der Waals surface area contributed by atoms with E-state index in [-0.39, 0.29) is 30.1 Å². The Bertz CT molecular complexity index is 1210. The number of carbonyl (C=O) groups is 3. The molecular formula is C24H26N4O5S. The SMILES string of the molecule is COc1ccccc1OCCN1C(=O)[C@]2(SC(NC(C)=O)=NN2C(C)=O)c2cc(C)cc(C)c21. The van der Waals surface area contributed by atoms with Crippen LogP contribution in [0.3, 0.4) is 0 Å². The van der Waals surface area contributed by atoms with Crippen LogP contribution in [0.4, 0.5) is 5.69 Å². The number of nitrogens with one attached hydrogen (secondary N) is 1. The van der Waals surface area contributed by atoms with Crippen LogP contribution in [0, 0.1) is 13.8 Å². The molecule has 0 aliphatic carbocycles. The predicted octanol–water partition coefficient (Wildman–Crippen LogP) is 2.89. The number of nitrogens with zero attached hydrogens (tertiary/aromatic N) is 3. The van der Waals surface area contributed by atoms with Gasteiger partial charge in [0.25, 0.3) is 5.91 Å². The van der Waals surface area contributed by atoms with Gasteiger partial charge in [-0.25, -0.2) is 0 Å². The molecule has 2 aliphatic rings. The summed E-state index contributed by atoms with van der Waals surface area (Å²) >= 11 is 1.06. The number of thioether (sulfide) groups is 1. The number of aryl methyl sites for hydroxylation is 2. The second-order valence-electron chi connectivity index (χ2n) is 8.10. The molecule has 0 aromatic heterocycles. The number of benzene rings is 2. The Morgan fingerprint density at radius 3 is 2.50 bits per heavy atom. The predicted molar refractivity (Wildman–Crippen MR) is 130 cm³/mol. The average Bonchev–Trinajstić information content (AvgIpc) is 3.26. The highest BCUT2D eigenvalue weighted by Gasteiger charge is 2.61. The second kappa shape index (κ2) is 9.02. The maximum absolute atomic E-state index is 14.0. The van der Waals surface area contributed by atoms with Crippen LogP contribution in [-0.2, 0) is 19.3 Å². The van der Waals surface area contributed by atoms with Gasteiger partial charge in [-0.15, -0.1) is 5.10 Å². The minimum Gasteiger partial charge on any atom is -0.493 e. The Hall–Kier alpha value is -3.53. The lowest BCUT2D eigenvalue weighted by Crippen LogP contribution is -2.49. The third kappa shape index (κ3) is 3.87. The molecule has 0 radical (unpaired) electrons. The van der Waals surface area contributed by atoms with Crippen molar-refractivity contribution in [3.8, 4) is 11.5 Å². The lowest BCUT2D eigenvalue weighted by atomic mass is 10.0. The molecule has 0 bridgehead atoms. The summed E-state index contributed by atoms with van der Waals surface area (Å²) in [5.41, 5.74) is 3.23. The molecule has 10 heteroatoms. The summed E-state index contributed by atoms with van der Waals surface area (Å²) in [6, 6.07) is 11.2. The van der Waals surface area contributed by atoms with Gasteiger partial charge in [-0.3, -0.25) is 14.4 Å². The molecular weight excluding hydrogens is 456 g/mol. The number of methoxy groups -OCH3 is 1. The third-order valence-corrected chi connectivity index (χ3v) is 6.81. The standard InChI is InChI=1S/C24H26N4O5S/c1-14-12-15(2)21-18(13-14)24(28(17(4)30)26-23(34-24)25-16(3)29)22(31)27(21)10-11-33-20-9-7-6-8-19(20)32-5/h6-9,12-13H,10-11H2,1-5H3,(H,25,26,29)/t24-/m1/s1. The maximum atomic E-state index is 14.0. The number of para-hydroxylation sites is 2. The van der Waals surface area contributed by atoms with Crippen LogP contribution >= 0.6 is 11.8 Å². The summed E-state index contributed by atoms with van der Waals surface area (Å²) in [7, 11) is 1.57. The molecule has 34 heavy (non-hydrogen) atoms. The minimum absolute atomic E-state index is 0.202. The van der Waals surface area contributed by atoms with E-state index in [0.717, 1.165) is 28.6 Å². The number of hydrogen-bond acceptors (Lipinski definition) is 7. The van der Waals surface area contributed by atoms with Gasteiger partial charge in [0.2, 0.25) is 16.7 Å². The number of hydrazone groups is 1. The van der Waals surface area contributed by atoms with Crippen molar-refractivity contribution in [1.82, 2.24) is 10.3 Å². The molecule has 2 aliphatic heterocycles. The number of amides is 3. The van der Waals surface area contributed by atoms with Crippen LogP contribution in [0.1, 0.15) is 30.5 Å². The number of anilines is 1. The molecule has 178 valence electrons. The van der Waals surface area contributed by atoms with E-state index in [1.54, 1.807) is 24.1 Å². The monoisotopic (exact) mass is 482 g/mol. The van der Waals surface area contributed by atoms with Crippen molar-refractivity contribution in [3.63, 3.8) is 0 Å². The zero-order valence-electron chi connectivity index (χ0n) is 19.7.